The van der Waals surface area contributed by atoms with E-state index in [9.17, 15) is 9.18 Å². The third-order valence-electron chi connectivity index (χ3n) is 2.50. The number of hydrogen-bond donors (Lipinski definition) is 2. The van der Waals surface area contributed by atoms with Crippen LogP contribution in [0.2, 0.25) is 5.02 Å². The molecule has 1 unspecified atom stereocenters. The van der Waals surface area contributed by atoms with Crippen LogP contribution < -0.4 is 10.6 Å². The lowest BCUT2D eigenvalue weighted by Gasteiger charge is -2.13. The van der Waals surface area contributed by atoms with Gasteiger partial charge in [-0.25, -0.2) is 4.39 Å². The minimum atomic E-state index is -0.461. The molecule has 100 valence electrons. The molecule has 1 atom stereocenters. The molecule has 2 N–H and O–H groups in total. The van der Waals surface area contributed by atoms with Crippen molar-refractivity contribution < 1.29 is 9.18 Å². The van der Waals surface area contributed by atoms with Gasteiger partial charge in [-0.3, -0.25) is 4.79 Å². The maximum Gasteiger partial charge on any atom is 0.239 e. The normalized spacial score (nSPS) is 12.0. The molecule has 0 aliphatic carbocycles. The number of hydrogen-bond acceptors (Lipinski definition) is 2. The van der Waals surface area contributed by atoms with E-state index in [1.807, 2.05) is 6.92 Å². The molecule has 1 aromatic carbocycles. The fraction of sp³-hybridized carbons (Fsp3) is 0.462. The van der Waals surface area contributed by atoms with Gasteiger partial charge < -0.3 is 10.6 Å². The summed E-state index contributed by atoms with van der Waals surface area (Å²) in [5.41, 5.74) is 0.276. The van der Waals surface area contributed by atoms with Gasteiger partial charge in [-0.2, -0.15) is 0 Å². The average Bonchev–Trinajstić information content (AvgIpc) is 2.28. The van der Waals surface area contributed by atoms with Crippen molar-refractivity contribution in [1.29, 1.82) is 0 Å². The summed E-state index contributed by atoms with van der Waals surface area (Å²) >= 11 is 5.64. The highest BCUT2D eigenvalue weighted by molar-refractivity contribution is 6.30. The molecule has 0 fully saturated rings. The van der Waals surface area contributed by atoms with Gasteiger partial charge in [0.1, 0.15) is 5.82 Å². The monoisotopic (exact) mass is 272 g/mol. The number of rotatable bonds is 6. The van der Waals surface area contributed by atoms with Gasteiger partial charge in [0.25, 0.3) is 0 Å². The highest BCUT2D eigenvalue weighted by atomic mass is 35.5. The molecule has 0 saturated heterocycles. The van der Waals surface area contributed by atoms with E-state index in [0.717, 1.165) is 12.8 Å². The van der Waals surface area contributed by atoms with Crippen LogP contribution in [-0.2, 0) is 4.79 Å². The fourth-order valence-electron chi connectivity index (χ4n) is 1.64. The molecule has 0 radical (unpaired) electrons. The molecule has 18 heavy (non-hydrogen) atoms. The quantitative estimate of drug-likeness (QED) is 0.835. The first-order valence-corrected chi connectivity index (χ1v) is 6.39. The number of halogens is 2. The summed E-state index contributed by atoms with van der Waals surface area (Å²) in [5, 5.41) is 5.91. The highest BCUT2D eigenvalue weighted by Crippen LogP contribution is 2.18. The molecule has 0 bridgehead atoms. The largest absolute Gasteiger partial charge is 0.374 e. The number of nitrogens with one attached hydrogen (secondary N) is 2. The van der Waals surface area contributed by atoms with Gasteiger partial charge in [0.15, 0.2) is 0 Å². The van der Waals surface area contributed by atoms with Gasteiger partial charge in [0.2, 0.25) is 5.91 Å². The van der Waals surface area contributed by atoms with E-state index in [4.69, 9.17) is 11.6 Å². The third kappa shape index (κ3) is 4.92. The molecule has 1 amide bonds. The molecule has 0 aromatic heterocycles. The summed E-state index contributed by atoms with van der Waals surface area (Å²) in [6.07, 6.45) is 1.95. The Morgan fingerprint density at radius 3 is 2.83 bits per heavy atom. The molecular weight excluding hydrogens is 255 g/mol. The summed E-state index contributed by atoms with van der Waals surface area (Å²) in [6, 6.07) is 4.44. The van der Waals surface area contributed by atoms with Crippen LogP contribution in [0.4, 0.5) is 10.1 Å². The van der Waals surface area contributed by atoms with E-state index in [1.54, 1.807) is 6.07 Å². The molecule has 0 spiro atoms. The number of amides is 1. The van der Waals surface area contributed by atoms with Gasteiger partial charge >= 0.3 is 0 Å². The molecule has 1 rings (SSSR count). The predicted molar refractivity (Wildman–Crippen MR) is 72.4 cm³/mol. The molecule has 0 aliphatic rings. The molecule has 3 nitrogen and oxygen atoms in total. The number of carbonyl (C=O) groups is 1. The van der Waals surface area contributed by atoms with Crippen molar-refractivity contribution in [3.63, 3.8) is 0 Å². The topological polar surface area (TPSA) is 41.1 Å². The second-order valence-electron chi connectivity index (χ2n) is 4.23. The van der Waals surface area contributed by atoms with Crippen LogP contribution >= 0.6 is 11.6 Å². The predicted octanol–water partition coefficient (Wildman–Crippen LogP) is 3.20. The van der Waals surface area contributed by atoms with E-state index in [2.05, 4.69) is 17.6 Å². The van der Waals surface area contributed by atoms with Gasteiger partial charge in [0.05, 0.1) is 12.2 Å². The van der Waals surface area contributed by atoms with Crippen molar-refractivity contribution in [3.05, 3.63) is 29.0 Å². The Morgan fingerprint density at radius 2 is 2.22 bits per heavy atom. The Kier molecular flexibility index (Phi) is 5.92. The lowest BCUT2D eigenvalue weighted by Crippen LogP contribution is -2.36. The van der Waals surface area contributed by atoms with Crippen LogP contribution in [0.5, 0.6) is 0 Å². The van der Waals surface area contributed by atoms with E-state index in [-0.39, 0.29) is 24.2 Å². The SMILES string of the molecule is CCCC(C)NC(=O)CNc1ccc(Cl)cc1F. The second kappa shape index (κ2) is 7.21. The summed E-state index contributed by atoms with van der Waals surface area (Å²) < 4.78 is 13.4. The Morgan fingerprint density at radius 1 is 1.50 bits per heavy atom. The maximum absolute atomic E-state index is 13.4. The number of carbonyl (C=O) groups excluding carboxylic acids is 1. The molecule has 5 heteroatoms. The van der Waals surface area contributed by atoms with Crippen LogP contribution in [0.25, 0.3) is 0 Å². The molecule has 0 heterocycles. The minimum Gasteiger partial charge on any atom is -0.374 e. The zero-order valence-electron chi connectivity index (χ0n) is 10.6. The van der Waals surface area contributed by atoms with E-state index >= 15 is 0 Å². The first kappa shape index (κ1) is 14.8. The Bertz CT molecular complexity index is 412. The molecule has 0 aliphatic heterocycles. The summed E-state index contributed by atoms with van der Waals surface area (Å²) in [7, 11) is 0. The van der Waals surface area contributed by atoms with Crippen molar-refractivity contribution in [2.45, 2.75) is 32.7 Å². The average molecular weight is 273 g/mol. The lowest BCUT2D eigenvalue weighted by molar-refractivity contribution is -0.120. The van der Waals surface area contributed by atoms with Gasteiger partial charge in [0, 0.05) is 11.1 Å². The van der Waals surface area contributed by atoms with Gasteiger partial charge in [-0.15, -0.1) is 0 Å². The highest BCUT2D eigenvalue weighted by Gasteiger charge is 2.08. The first-order chi connectivity index (χ1) is 8.52. The van der Waals surface area contributed by atoms with Crippen molar-refractivity contribution in [2.24, 2.45) is 0 Å². The maximum atomic E-state index is 13.4. The second-order valence-corrected chi connectivity index (χ2v) is 4.67. The first-order valence-electron chi connectivity index (χ1n) is 6.01. The van der Waals surface area contributed by atoms with Gasteiger partial charge in [-0.1, -0.05) is 24.9 Å². The summed E-state index contributed by atoms with van der Waals surface area (Å²) in [5.74, 6) is -0.609. The number of benzene rings is 1. The Labute approximate surface area is 112 Å². The van der Waals surface area contributed by atoms with Crippen molar-refractivity contribution in [2.75, 3.05) is 11.9 Å². The van der Waals surface area contributed by atoms with E-state index in [1.165, 1.54) is 12.1 Å². The number of anilines is 1. The molecule has 0 saturated carbocycles. The van der Waals surface area contributed by atoms with Crippen LogP contribution in [0.15, 0.2) is 18.2 Å². The third-order valence-corrected chi connectivity index (χ3v) is 2.73. The smallest absolute Gasteiger partial charge is 0.239 e. The standard InChI is InChI=1S/C13H18ClFN2O/c1-3-4-9(2)17-13(18)8-16-12-6-5-10(14)7-11(12)15/h5-7,9,16H,3-4,8H2,1-2H3,(H,17,18). The van der Waals surface area contributed by atoms with Crippen molar-refractivity contribution in [1.82, 2.24) is 5.32 Å². The Balaban J connectivity index is 2.42. The molecular formula is C13H18ClFN2O. The Hall–Kier alpha value is -1.29. The van der Waals surface area contributed by atoms with Gasteiger partial charge in [-0.05, 0) is 31.5 Å². The lowest BCUT2D eigenvalue weighted by atomic mass is 10.2. The summed E-state index contributed by atoms with van der Waals surface area (Å²) in [4.78, 5) is 11.6. The fourth-order valence-corrected chi connectivity index (χ4v) is 1.80. The van der Waals surface area contributed by atoms with E-state index < -0.39 is 5.82 Å². The van der Waals surface area contributed by atoms with Crippen LogP contribution in [0.3, 0.4) is 0 Å². The van der Waals surface area contributed by atoms with Crippen LogP contribution in [-0.4, -0.2) is 18.5 Å². The van der Waals surface area contributed by atoms with Crippen LogP contribution in [0.1, 0.15) is 26.7 Å². The van der Waals surface area contributed by atoms with Crippen molar-refractivity contribution >= 4 is 23.2 Å². The summed E-state index contributed by atoms with van der Waals surface area (Å²) in [6.45, 7) is 4.06. The van der Waals surface area contributed by atoms with E-state index in [0.29, 0.717) is 5.02 Å². The van der Waals surface area contributed by atoms with Crippen molar-refractivity contribution in [3.8, 4) is 0 Å². The molecule has 1 aromatic rings. The minimum absolute atomic E-state index is 0.0482. The van der Waals surface area contributed by atoms with Crippen LogP contribution in [0, 0.1) is 5.82 Å². The zero-order chi connectivity index (χ0) is 13.5. The zero-order valence-corrected chi connectivity index (χ0v) is 11.4.